The summed E-state index contributed by atoms with van der Waals surface area (Å²) in [4.78, 5) is 18.7. The minimum absolute atomic E-state index is 0.296. The molecule has 1 amide bonds. The SMILES string of the molecule is O=C1N=CCOc2ncccc21. The van der Waals surface area contributed by atoms with Crippen molar-refractivity contribution >= 4 is 12.1 Å². The van der Waals surface area contributed by atoms with Crippen LogP contribution in [-0.2, 0) is 0 Å². The number of hydrogen-bond donors (Lipinski definition) is 0. The predicted molar refractivity (Wildman–Crippen MR) is 42.6 cm³/mol. The van der Waals surface area contributed by atoms with Gasteiger partial charge in [-0.3, -0.25) is 4.79 Å². The summed E-state index contributed by atoms with van der Waals surface area (Å²) in [5.41, 5.74) is 0.422. The standard InChI is InChI=1S/C8H6N2O2/c11-7-6-2-1-3-10-8(6)12-5-4-9-7/h1-4H,5H2. The van der Waals surface area contributed by atoms with Gasteiger partial charge in [0.05, 0.1) is 0 Å². The fourth-order valence-corrected chi connectivity index (χ4v) is 0.975. The largest absolute Gasteiger partial charge is 0.471 e. The van der Waals surface area contributed by atoms with Crippen molar-refractivity contribution in [3.8, 4) is 5.88 Å². The van der Waals surface area contributed by atoms with Crippen molar-refractivity contribution in [1.29, 1.82) is 0 Å². The van der Waals surface area contributed by atoms with Crippen LogP contribution in [0.25, 0.3) is 0 Å². The quantitative estimate of drug-likeness (QED) is 0.563. The zero-order valence-corrected chi connectivity index (χ0v) is 6.23. The lowest BCUT2D eigenvalue weighted by atomic mass is 10.2. The second-order valence-corrected chi connectivity index (χ2v) is 2.28. The zero-order chi connectivity index (χ0) is 8.39. The lowest BCUT2D eigenvalue weighted by molar-refractivity contribution is 0.100. The molecule has 60 valence electrons. The van der Waals surface area contributed by atoms with E-state index >= 15 is 0 Å². The second-order valence-electron chi connectivity index (χ2n) is 2.28. The van der Waals surface area contributed by atoms with Gasteiger partial charge in [0.25, 0.3) is 5.91 Å². The smallest absolute Gasteiger partial charge is 0.282 e. The minimum atomic E-state index is -0.296. The lowest BCUT2D eigenvalue weighted by Crippen LogP contribution is -1.99. The van der Waals surface area contributed by atoms with Gasteiger partial charge in [-0.05, 0) is 12.1 Å². The summed E-state index contributed by atoms with van der Waals surface area (Å²) in [5, 5.41) is 0. The molecule has 0 spiro atoms. The Bertz CT molecular complexity index is 347. The Balaban J connectivity index is 2.53. The Hall–Kier alpha value is -1.71. The molecule has 4 nitrogen and oxygen atoms in total. The molecule has 0 fully saturated rings. The van der Waals surface area contributed by atoms with E-state index in [1.165, 1.54) is 6.21 Å². The Morgan fingerprint density at radius 1 is 1.50 bits per heavy atom. The van der Waals surface area contributed by atoms with Gasteiger partial charge in [-0.1, -0.05) is 0 Å². The van der Waals surface area contributed by atoms with Crippen LogP contribution in [0.5, 0.6) is 5.88 Å². The van der Waals surface area contributed by atoms with Gasteiger partial charge in [-0.15, -0.1) is 0 Å². The first kappa shape index (κ1) is 6.97. The number of aromatic nitrogens is 1. The third-order valence-electron chi connectivity index (χ3n) is 1.50. The van der Waals surface area contributed by atoms with Crippen molar-refractivity contribution in [1.82, 2.24) is 4.98 Å². The molecule has 0 N–H and O–H groups in total. The molecular weight excluding hydrogens is 156 g/mol. The molecule has 0 saturated heterocycles. The second kappa shape index (κ2) is 2.73. The number of fused-ring (bicyclic) bond motifs is 1. The molecular formula is C8H6N2O2. The maximum absolute atomic E-state index is 11.2. The van der Waals surface area contributed by atoms with E-state index in [9.17, 15) is 4.79 Å². The fraction of sp³-hybridized carbons (Fsp3) is 0.125. The van der Waals surface area contributed by atoms with Crippen LogP contribution in [0, 0.1) is 0 Å². The number of amides is 1. The highest BCUT2D eigenvalue weighted by atomic mass is 16.5. The Kier molecular flexibility index (Phi) is 1.59. The topological polar surface area (TPSA) is 51.5 Å². The molecule has 12 heavy (non-hydrogen) atoms. The van der Waals surface area contributed by atoms with Crippen LogP contribution >= 0.6 is 0 Å². The first-order valence-electron chi connectivity index (χ1n) is 3.52. The van der Waals surface area contributed by atoms with E-state index in [1.54, 1.807) is 18.3 Å². The van der Waals surface area contributed by atoms with Crippen LogP contribution in [0.4, 0.5) is 0 Å². The summed E-state index contributed by atoms with van der Waals surface area (Å²) in [5.74, 6) is 0.0654. The van der Waals surface area contributed by atoms with Crippen molar-refractivity contribution in [2.24, 2.45) is 4.99 Å². The molecule has 1 aromatic rings. The molecule has 0 atom stereocenters. The number of carbonyl (C=O) groups excluding carboxylic acids is 1. The molecule has 4 heteroatoms. The summed E-state index contributed by atoms with van der Waals surface area (Å²) in [6.45, 7) is 0.301. The van der Waals surface area contributed by atoms with E-state index in [-0.39, 0.29) is 5.91 Å². The molecule has 0 unspecified atom stereocenters. The number of nitrogens with zero attached hydrogens (tertiary/aromatic N) is 2. The highest BCUT2D eigenvalue weighted by Gasteiger charge is 2.13. The zero-order valence-electron chi connectivity index (χ0n) is 6.23. The van der Waals surface area contributed by atoms with E-state index in [2.05, 4.69) is 9.98 Å². The van der Waals surface area contributed by atoms with Crippen LogP contribution in [-0.4, -0.2) is 23.7 Å². The Morgan fingerprint density at radius 2 is 2.42 bits per heavy atom. The summed E-state index contributed by atoms with van der Waals surface area (Å²) in [6.07, 6.45) is 3.02. The van der Waals surface area contributed by atoms with Crippen LogP contribution in [0.15, 0.2) is 23.3 Å². The summed E-state index contributed by atoms with van der Waals surface area (Å²) in [6, 6.07) is 3.33. The van der Waals surface area contributed by atoms with Crippen molar-refractivity contribution in [3.05, 3.63) is 23.9 Å². The van der Waals surface area contributed by atoms with Gasteiger partial charge < -0.3 is 4.74 Å². The molecule has 0 saturated carbocycles. The van der Waals surface area contributed by atoms with Gasteiger partial charge in [-0.25, -0.2) is 9.98 Å². The number of aliphatic imine (C=N–C) groups is 1. The normalized spacial score (nSPS) is 14.8. The van der Waals surface area contributed by atoms with E-state index in [1.807, 2.05) is 0 Å². The Morgan fingerprint density at radius 3 is 3.33 bits per heavy atom. The molecule has 0 radical (unpaired) electrons. The number of carbonyl (C=O) groups is 1. The van der Waals surface area contributed by atoms with Gasteiger partial charge >= 0.3 is 0 Å². The third-order valence-corrected chi connectivity index (χ3v) is 1.50. The van der Waals surface area contributed by atoms with E-state index in [0.29, 0.717) is 18.1 Å². The molecule has 1 aliphatic rings. The first-order valence-corrected chi connectivity index (χ1v) is 3.52. The van der Waals surface area contributed by atoms with Crippen LogP contribution < -0.4 is 4.74 Å². The number of pyridine rings is 1. The number of hydrogen-bond acceptors (Lipinski definition) is 3. The first-order chi connectivity index (χ1) is 5.88. The minimum Gasteiger partial charge on any atom is -0.471 e. The average molecular weight is 162 g/mol. The highest BCUT2D eigenvalue weighted by molar-refractivity contribution is 6.01. The number of rotatable bonds is 0. The van der Waals surface area contributed by atoms with Crippen molar-refractivity contribution in [2.75, 3.05) is 6.61 Å². The van der Waals surface area contributed by atoms with Gasteiger partial charge in [-0.2, -0.15) is 0 Å². The Labute approximate surface area is 68.9 Å². The molecule has 2 rings (SSSR count). The molecule has 1 aromatic heterocycles. The summed E-state index contributed by atoms with van der Waals surface area (Å²) >= 11 is 0. The molecule has 0 bridgehead atoms. The van der Waals surface area contributed by atoms with Crippen molar-refractivity contribution in [3.63, 3.8) is 0 Å². The molecule has 0 aliphatic carbocycles. The van der Waals surface area contributed by atoms with Gasteiger partial charge in [0.15, 0.2) is 0 Å². The molecule has 0 aromatic carbocycles. The maximum Gasteiger partial charge on any atom is 0.282 e. The molecule has 1 aliphatic heterocycles. The summed E-state index contributed by atoms with van der Waals surface area (Å²) < 4.78 is 5.14. The monoisotopic (exact) mass is 162 g/mol. The third kappa shape index (κ3) is 1.07. The lowest BCUT2D eigenvalue weighted by Gasteiger charge is -2.00. The van der Waals surface area contributed by atoms with E-state index in [4.69, 9.17) is 4.74 Å². The van der Waals surface area contributed by atoms with Crippen molar-refractivity contribution in [2.45, 2.75) is 0 Å². The summed E-state index contributed by atoms with van der Waals surface area (Å²) in [7, 11) is 0. The maximum atomic E-state index is 11.2. The van der Waals surface area contributed by atoms with E-state index < -0.39 is 0 Å². The van der Waals surface area contributed by atoms with Crippen molar-refractivity contribution < 1.29 is 9.53 Å². The van der Waals surface area contributed by atoms with Gasteiger partial charge in [0, 0.05) is 12.4 Å². The van der Waals surface area contributed by atoms with Crippen LogP contribution in [0.1, 0.15) is 10.4 Å². The highest BCUT2D eigenvalue weighted by Crippen LogP contribution is 2.16. The van der Waals surface area contributed by atoms with E-state index in [0.717, 1.165) is 0 Å². The van der Waals surface area contributed by atoms with Crippen LogP contribution in [0.3, 0.4) is 0 Å². The van der Waals surface area contributed by atoms with Gasteiger partial charge in [0.1, 0.15) is 12.2 Å². The average Bonchev–Trinajstić information content (AvgIpc) is 2.29. The predicted octanol–water partition coefficient (Wildman–Crippen LogP) is 0.685. The number of ether oxygens (including phenoxy) is 1. The van der Waals surface area contributed by atoms with Gasteiger partial charge in [0.2, 0.25) is 5.88 Å². The molecule has 2 heterocycles. The fourth-order valence-electron chi connectivity index (χ4n) is 0.975. The van der Waals surface area contributed by atoms with Crippen LogP contribution in [0.2, 0.25) is 0 Å².